The number of amides is 1. The smallest absolute Gasteiger partial charge is 0.237 e. The number of aromatic hydroxyl groups is 1. The standard InChI is InChI=1S/C25H28N2O2/c1-17-11-22(28)12-18(2)23(17)15-24(26)25(29)27-16-21-10-6-9-20(14-21)13-19-7-4-3-5-8-19/h3-12,14,24,28H,13,15-16,26H2,1-2H3,(H,27,29)/t24-/m0/s1. The zero-order valence-corrected chi connectivity index (χ0v) is 17.0. The molecule has 1 amide bonds. The SMILES string of the molecule is Cc1cc(O)cc(C)c1C[C@H](N)C(=O)NCc1cccc(Cc2ccccc2)c1. The second kappa shape index (κ2) is 9.39. The maximum Gasteiger partial charge on any atom is 0.237 e. The van der Waals surface area contributed by atoms with E-state index in [-0.39, 0.29) is 11.7 Å². The number of aryl methyl sites for hydroxylation is 2. The van der Waals surface area contributed by atoms with E-state index in [1.807, 2.05) is 44.2 Å². The van der Waals surface area contributed by atoms with Crippen LogP contribution in [-0.4, -0.2) is 17.1 Å². The van der Waals surface area contributed by atoms with Crippen molar-refractivity contribution in [1.29, 1.82) is 0 Å². The molecular formula is C25H28N2O2. The average Bonchev–Trinajstić information content (AvgIpc) is 2.69. The minimum Gasteiger partial charge on any atom is -0.508 e. The summed E-state index contributed by atoms with van der Waals surface area (Å²) in [7, 11) is 0. The lowest BCUT2D eigenvalue weighted by Crippen LogP contribution is -2.41. The Bertz CT molecular complexity index is 960. The van der Waals surface area contributed by atoms with E-state index in [1.165, 1.54) is 11.1 Å². The van der Waals surface area contributed by atoms with Crippen LogP contribution in [0.1, 0.15) is 33.4 Å². The van der Waals surface area contributed by atoms with Crippen molar-refractivity contribution in [3.05, 3.63) is 100 Å². The molecular weight excluding hydrogens is 360 g/mol. The Morgan fingerprint density at radius 2 is 1.55 bits per heavy atom. The van der Waals surface area contributed by atoms with Crippen molar-refractivity contribution in [2.45, 2.75) is 39.3 Å². The molecule has 29 heavy (non-hydrogen) atoms. The van der Waals surface area contributed by atoms with Crippen molar-refractivity contribution >= 4 is 5.91 Å². The summed E-state index contributed by atoms with van der Waals surface area (Å²) < 4.78 is 0. The molecule has 0 heterocycles. The molecule has 0 aliphatic rings. The van der Waals surface area contributed by atoms with Crippen LogP contribution in [0.4, 0.5) is 0 Å². The van der Waals surface area contributed by atoms with E-state index in [9.17, 15) is 9.90 Å². The van der Waals surface area contributed by atoms with Gasteiger partial charge in [0.25, 0.3) is 0 Å². The molecule has 4 nitrogen and oxygen atoms in total. The summed E-state index contributed by atoms with van der Waals surface area (Å²) in [5.41, 5.74) is 12.6. The Morgan fingerprint density at radius 1 is 0.931 bits per heavy atom. The first-order chi connectivity index (χ1) is 13.9. The van der Waals surface area contributed by atoms with Gasteiger partial charge in [-0.2, -0.15) is 0 Å². The van der Waals surface area contributed by atoms with Crippen molar-refractivity contribution in [2.75, 3.05) is 0 Å². The highest BCUT2D eigenvalue weighted by molar-refractivity contribution is 5.81. The number of carbonyl (C=O) groups excluding carboxylic acids is 1. The molecule has 0 aliphatic heterocycles. The first kappa shape index (κ1) is 20.6. The number of phenolic OH excluding ortho intramolecular Hbond substituents is 1. The molecule has 0 unspecified atom stereocenters. The molecule has 0 saturated heterocycles. The molecule has 0 saturated carbocycles. The number of carbonyl (C=O) groups is 1. The fourth-order valence-corrected chi connectivity index (χ4v) is 3.61. The number of nitrogens with two attached hydrogens (primary N) is 1. The molecule has 4 N–H and O–H groups in total. The highest BCUT2D eigenvalue weighted by Crippen LogP contribution is 2.21. The summed E-state index contributed by atoms with van der Waals surface area (Å²) in [6, 6.07) is 21.3. The van der Waals surface area contributed by atoms with Gasteiger partial charge in [-0.1, -0.05) is 54.6 Å². The number of benzene rings is 3. The Morgan fingerprint density at radius 3 is 2.24 bits per heavy atom. The van der Waals surface area contributed by atoms with Crippen LogP contribution in [-0.2, 0) is 24.2 Å². The van der Waals surface area contributed by atoms with Crippen LogP contribution in [0.25, 0.3) is 0 Å². The number of rotatable bonds is 7. The Kier molecular flexibility index (Phi) is 6.68. The lowest BCUT2D eigenvalue weighted by Gasteiger charge is -2.16. The van der Waals surface area contributed by atoms with E-state index in [1.54, 1.807) is 12.1 Å². The number of hydrogen-bond donors (Lipinski definition) is 3. The minimum atomic E-state index is -0.635. The van der Waals surface area contributed by atoms with Gasteiger partial charge in [-0.25, -0.2) is 0 Å². The third-order valence-corrected chi connectivity index (χ3v) is 5.15. The van der Waals surface area contributed by atoms with Gasteiger partial charge < -0.3 is 16.2 Å². The summed E-state index contributed by atoms with van der Waals surface area (Å²) in [4.78, 5) is 12.5. The molecule has 0 bridgehead atoms. The maximum absolute atomic E-state index is 12.5. The minimum absolute atomic E-state index is 0.176. The van der Waals surface area contributed by atoms with E-state index in [0.29, 0.717) is 13.0 Å². The molecule has 0 spiro atoms. The van der Waals surface area contributed by atoms with Crippen molar-refractivity contribution in [3.8, 4) is 5.75 Å². The first-order valence-electron chi connectivity index (χ1n) is 9.86. The molecule has 0 aromatic heterocycles. The fourth-order valence-electron chi connectivity index (χ4n) is 3.61. The van der Waals surface area contributed by atoms with Crippen LogP contribution < -0.4 is 11.1 Å². The van der Waals surface area contributed by atoms with Crippen LogP contribution in [0.5, 0.6) is 5.75 Å². The van der Waals surface area contributed by atoms with Crippen LogP contribution in [0.2, 0.25) is 0 Å². The predicted molar refractivity (Wildman–Crippen MR) is 117 cm³/mol. The van der Waals surface area contributed by atoms with Gasteiger partial charge >= 0.3 is 0 Å². The summed E-state index contributed by atoms with van der Waals surface area (Å²) in [6.07, 6.45) is 1.30. The van der Waals surface area contributed by atoms with Gasteiger partial charge in [-0.15, -0.1) is 0 Å². The van der Waals surface area contributed by atoms with Gasteiger partial charge in [-0.3, -0.25) is 4.79 Å². The lowest BCUT2D eigenvalue weighted by atomic mass is 9.96. The van der Waals surface area contributed by atoms with Crippen LogP contribution in [0, 0.1) is 13.8 Å². The number of hydrogen-bond acceptors (Lipinski definition) is 3. The second-order valence-electron chi connectivity index (χ2n) is 7.57. The monoisotopic (exact) mass is 388 g/mol. The third-order valence-electron chi connectivity index (χ3n) is 5.15. The molecule has 3 aromatic carbocycles. The molecule has 3 aromatic rings. The Balaban J connectivity index is 1.58. The zero-order chi connectivity index (χ0) is 20.8. The quantitative estimate of drug-likeness (QED) is 0.576. The van der Waals surface area contributed by atoms with Crippen LogP contribution in [0.3, 0.4) is 0 Å². The summed E-state index contributed by atoms with van der Waals surface area (Å²) in [5.74, 6) is 0.0579. The lowest BCUT2D eigenvalue weighted by molar-refractivity contribution is -0.122. The van der Waals surface area contributed by atoms with Gasteiger partial charge in [-0.05, 0) is 72.2 Å². The molecule has 0 fully saturated rings. The maximum atomic E-state index is 12.5. The molecule has 4 heteroatoms. The normalized spacial score (nSPS) is 11.8. The van der Waals surface area contributed by atoms with E-state index < -0.39 is 6.04 Å². The summed E-state index contributed by atoms with van der Waals surface area (Å²) in [5, 5.41) is 12.6. The van der Waals surface area contributed by atoms with Crippen LogP contribution >= 0.6 is 0 Å². The third kappa shape index (κ3) is 5.69. The van der Waals surface area contributed by atoms with Gasteiger partial charge in [0, 0.05) is 6.54 Å². The Labute approximate surface area is 172 Å². The van der Waals surface area contributed by atoms with Crippen LogP contribution in [0.15, 0.2) is 66.7 Å². The largest absolute Gasteiger partial charge is 0.508 e. The molecule has 0 aliphatic carbocycles. The van der Waals surface area contributed by atoms with E-state index in [4.69, 9.17) is 5.73 Å². The van der Waals surface area contributed by atoms with Crippen molar-refractivity contribution in [2.24, 2.45) is 5.73 Å². The fraction of sp³-hybridized carbons (Fsp3) is 0.240. The summed E-state index contributed by atoms with van der Waals surface area (Å²) in [6.45, 7) is 4.29. The van der Waals surface area contributed by atoms with Crippen molar-refractivity contribution in [1.82, 2.24) is 5.32 Å². The average molecular weight is 389 g/mol. The second-order valence-corrected chi connectivity index (χ2v) is 7.57. The van der Waals surface area contributed by atoms with Gasteiger partial charge in [0.15, 0.2) is 0 Å². The Hall–Kier alpha value is -3.11. The topological polar surface area (TPSA) is 75.3 Å². The predicted octanol–water partition coefficient (Wildman–Crippen LogP) is 3.79. The van der Waals surface area contributed by atoms with Gasteiger partial charge in [0.2, 0.25) is 5.91 Å². The van der Waals surface area contributed by atoms with Crippen molar-refractivity contribution < 1.29 is 9.90 Å². The number of nitrogens with one attached hydrogen (secondary N) is 1. The zero-order valence-electron chi connectivity index (χ0n) is 17.0. The number of phenols is 1. The molecule has 0 radical (unpaired) electrons. The first-order valence-corrected chi connectivity index (χ1v) is 9.86. The van der Waals surface area contributed by atoms with Gasteiger partial charge in [0.1, 0.15) is 5.75 Å². The molecule has 1 atom stereocenters. The van der Waals surface area contributed by atoms with E-state index in [0.717, 1.165) is 28.7 Å². The van der Waals surface area contributed by atoms with E-state index >= 15 is 0 Å². The molecule has 3 rings (SSSR count). The highest BCUT2D eigenvalue weighted by atomic mass is 16.3. The van der Waals surface area contributed by atoms with Gasteiger partial charge in [0.05, 0.1) is 6.04 Å². The van der Waals surface area contributed by atoms with Crippen molar-refractivity contribution in [3.63, 3.8) is 0 Å². The van der Waals surface area contributed by atoms with E-state index in [2.05, 4.69) is 29.6 Å². The summed E-state index contributed by atoms with van der Waals surface area (Å²) >= 11 is 0. The highest BCUT2D eigenvalue weighted by Gasteiger charge is 2.16. The molecule has 150 valence electrons.